The topological polar surface area (TPSA) is 46.9 Å². The standard InChI is InChI=1S/C17H9Cl2F4N3O/c18-9-4-3-5-10(19)14(9)26-8-24-13(15(26)17(21,22)23)16(27)25-12-7-2-1-6-11(12)20/h1-8H,(H,25,27). The van der Waals surface area contributed by atoms with Crippen LogP contribution in [0.2, 0.25) is 10.0 Å². The zero-order valence-corrected chi connectivity index (χ0v) is 14.7. The van der Waals surface area contributed by atoms with E-state index in [2.05, 4.69) is 10.3 Å². The van der Waals surface area contributed by atoms with E-state index in [9.17, 15) is 22.4 Å². The van der Waals surface area contributed by atoms with Crippen molar-refractivity contribution in [1.29, 1.82) is 0 Å². The Kier molecular flexibility index (Phi) is 5.12. The minimum atomic E-state index is -4.96. The summed E-state index contributed by atoms with van der Waals surface area (Å²) in [7, 11) is 0. The maximum absolute atomic E-state index is 13.7. The summed E-state index contributed by atoms with van der Waals surface area (Å²) in [4.78, 5) is 15.9. The molecule has 0 atom stereocenters. The molecule has 0 bridgehead atoms. The molecule has 140 valence electrons. The molecular formula is C17H9Cl2F4N3O. The van der Waals surface area contributed by atoms with Gasteiger partial charge in [-0.3, -0.25) is 9.36 Å². The molecular weight excluding hydrogens is 409 g/mol. The number of anilines is 1. The fourth-order valence-electron chi connectivity index (χ4n) is 2.42. The Bertz CT molecular complexity index is 997. The SMILES string of the molecule is O=C(Nc1ccccc1F)c1ncn(-c2c(Cl)cccc2Cl)c1C(F)(F)F. The molecule has 3 aromatic rings. The highest BCUT2D eigenvalue weighted by atomic mass is 35.5. The van der Waals surface area contributed by atoms with Gasteiger partial charge in [-0.2, -0.15) is 13.2 Å². The number of aromatic nitrogens is 2. The van der Waals surface area contributed by atoms with Crippen molar-refractivity contribution in [2.45, 2.75) is 6.18 Å². The first-order chi connectivity index (χ1) is 12.7. The average molecular weight is 418 g/mol. The van der Waals surface area contributed by atoms with Crippen LogP contribution in [0.1, 0.15) is 16.2 Å². The number of hydrogen-bond acceptors (Lipinski definition) is 2. The van der Waals surface area contributed by atoms with Crippen molar-refractivity contribution in [2.24, 2.45) is 0 Å². The van der Waals surface area contributed by atoms with Gasteiger partial charge in [0, 0.05) is 0 Å². The first-order valence-electron chi connectivity index (χ1n) is 7.35. The van der Waals surface area contributed by atoms with Gasteiger partial charge in [0.05, 0.1) is 21.4 Å². The second-order valence-corrected chi connectivity index (χ2v) is 6.13. The normalized spacial score (nSPS) is 11.5. The van der Waals surface area contributed by atoms with Crippen molar-refractivity contribution >= 4 is 34.8 Å². The first kappa shape index (κ1) is 19.2. The third-order valence-electron chi connectivity index (χ3n) is 3.55. The fraction of sp³-hybridized carbons (Fsp3) is 0.0588. The smallest absolute Gasteiger partial charge is 0.318 e. The number of rotatable bonds is 3. The summed E-state index contributed by atoms with van der Waals surface area (Å²) in [5, 5.41) is 1.95. The van der Waals surface area contributed by atoms with Crippen molar-refractivity contribution in [2.75, 3.05) is 5.32 Å². The molecule has 0 fully saturated rings. The summed E-state index contributed by atoms with van der Waals surface area (Å²) in [6.07, 6.45) is -4.17. The Morgan fingerprint density at radius 1 is 1.04 bits per heavy atom. The Hall–Kier alpha value is -2.58. The number of halogens is 6. The molecule has 0 aliphatic rings. The van der Waals surface area contributed by atoms with E-state index < -0.39 is 29.3 Å². The quantitative estimate of drug-likeness (QED) is 0.564. The molecule has 3 rings (SSSR count). The molecule has 0 saturated heterocycles. The lowest BCUT2D eigenvalue weighted by Gasteiger charge is -2.15. The van der Waals surface area contributed by atoms with Crippen LogP contribution in [0.4, 0.5) is 23.2 Å². The second-order valence-electron chi connectivity index (χ2n) is 5.31. The second kappa shape index (κ2) is 7.21. The molecule has 2 aromatic carbocycles. The minimum Gasteiger partial charge on any atom is -0.318 e. The number of amides is 1. The molecule has 10 heteroatoms. The zero-order chi connectivity index (χ0) is 19.8. The highest BCUT2D eigenvalue weighted by molar-refractivity contribution is 6.37. The van der Waals surface area contributed by atoms with Gasteiger partial charge in [-0.1, -0.05) is 41.4 Å². The van der Waals surface area contributed by atoms with Crippen LogP contribution in [0.25, 0.3) is 5.69 Å². The maximum atomic E-state index is 13.7. The molecule has 0 spiro atoms. The van der Waals surface area contributed by atoms with Crippen LogP contribution >= 0.6 is 23.2 Å². The largest absolute Gasteiger partial charge is 0.434 e. The summed E-state index contributed by atoms with van der Waals surface area (Å²) in [5.41, 5.74) is -2.78. The van der Waals surface area contributed by atoms with Gasteiger partial charge in [-0.05, 0) is 24.3 Å². The van der Waals surface area contributed by atoms with Gasteiger partial charge >= 0.3 is 6.18 Å². The summed E-state index contributed by atoms with van der Waals surface area (Å²) in [6.45, 7) is 0. The number of imidazole rings is 1. The fourth-order valence-corrected chi connectivity index (χ4v) is 3.00. The number of benzene rings is 2. The Morgan fingerprint density at radius 3 is 2.26 bits per heavy atom. The van der Waals surface area contributed by atoms with E-state index in [0.717, 1.165) is 12.4 Å². The van der Waals surface area contributed by atoms with Gasteiger partial charge in [-0.25, -0.2) is 9.37 Å². The Labute approximate surface area is 160 Å². The lowest BCUT2D eigenvalue weighted by Crippen LogP contribution is -2.21. The molecule has 1 amide bonds. The van der Waals surface area contributed by atoms with Gasteiger partial charge in [-0.15, -0.1) is 0 Å². The first-order valence-corrected chi connectivity index (χ1v) is 8.10. The molecule has 0 aliphatic carbocycles. The van der Waals surface area contributed by atoms with E-state index in [1.54, 1.807) is 0 Å². The molecule has 1 heterocycles. The minimum absolute atomic E-state index is 0.0635. The van der Waals surface area contributed by atoms with Crippen molar-refractivity contribution in [3.05, 3.63) is 76.0 Å². The maximum Gasteiger partial charge on any atom is 0.434 e. The van der Waals surface area contributed by atoms with Crippen LogP contribution in [0.3, 0.4) is 0 Å². The van der Waals surface area contributed by atoms with Crippen LogP contribution in [0.5, 0.6) is 0 Å². The summed E-state index contributed by atoms with van der Waals surface area (Å²) in [6, 6.07) is 9.23. The molecule has 0 unspecified atom stereocenters. The molecule has 27 heavy (non-hydrogen) atoms. The predicted octanol–water partition coefficient (Wildman–Crippen LogP) is 5.59. The zero-order valence-electron chi connectivity index (χ0n) is 13.2. The van der Waals surface area contributed by atoms with Gasteiger partial charge in [0.2, 0.25) is 0 Å². The summed E-state index contributed by atoms with van der Waals surface area (Å²) < 4.78 is 55.3. The van der Waals surface area contributed by atoms with E-state index in [0.29, 0.717) is 4.57 Å². The summed E-state index contributed by atoms with van der Waals surface area (Å²) >= 11 is 11.9. The van der Waals surface area contributed by atoms with E-state index in [-0.39, 0.29) is 21.4 Å². The van der Waals surface area contributed by atoms with Gasteiger partial charge in [0.15, 0.2) is 11.4 Å². The molecule has 0 aliphatic heterocycles. The summed E-state index contributed by atoms with van der Waals surface area (Å²) in [5.74, 6) is -2.03. The predicted molar refractivity (Wildman–Crippen MR) is 92.9 cm³/mol. The van der Waals surface area contributed by atoms with Gasteiger partial charge in [0.25, 0.3) is 5.91 Å². The van der Waals surface area contributed by atoms with E-state index in [4.69, 9.17) is 23.2 Å². The van der Waals surface area contributed by atoms with Crippen LogP contribution in [-0.2, 0) is 6.18 Å². The van der Waals surface area contributed by atoms with Crippen molar-refractivity contribution in [3.8, 4) is 5.69 Å². The third-order valence-corrected chi connectivity index (χ3v) is 4.16. The van der Waals surface area contributed by atoms with Crippen molar-refractivity contribution < 1.29 is 22.4 Å². The molecule has 4 nitrogen and oxygen atoms in total. The number of carbonyl (C=O) groups is 1. The van der Waals surface area contributed by atoms with Crippen LogP contribution < -0.4 is 5.32 Å². The molecule has 0 saturated carbocycles. The lowest BCUT2D eigenvalue weighted by atomic mass is 10.2. The van der Waals surface area contributed by atoms with Crippen LogP contribution in [-0.4, -0.2) is 15.5 Å². The van der Waals surface area contributed by atoms with Crippen LogP contribution in [0.15, 0.2) is 48.8 Å². The number of hydrogen-bond donors (Lipinski definition) is 1. The Balaban J connectivity index is 2.11. The van der Waals surface area contributed by atoms with Crippen molar-refractivity contribution in [3.63, 3.8) is 0 Å². The van der Waals surface area contributed by atoms with Gasteiger partial charge < -0.3 is 5.32 Å². The average Bonchev–Trinajstić information content (AvgIpc) is 3.02. The van der Waals surface area contributed by atoms with E-state index in [1.807, 2.05) is 0 Å². The monoisotopic (exact) mass is 417 g/mol. The molecule has 1 N–H and O–H groups in total. The number of nitrogens with one attached hydrogen (secondary N) is 1. The molecule has 1 aromatic heterocycles. The van der Waals surface area contributed by atoms with E-state index >= 15 is 0 Å². The third kappa shape index (κ3) is 3.77. The number of para-hydroxylation sites is 2. The highest BCUT2D eigenvalue weighted by Gasteiger charge is 2.41. The van der Waals surface area contributed by atoms with E-state index in [1.165, 1.54) is 36.4 Å². The Morgan fingerprint density at radius 2 is 1.67 bits per heavy atom. The number of alkyl halides is 3. The van der Waals surface area contributed by atoms with Gasteiger partial charge in [0.1, 0.15) is 12.1 Å². The molecule has 0 radical (unpaired) electrons. The highest BCUT2D eigenvalue weighted by Crippen LogP contribution is 2.37. The van der Waals surface area contributed by atoms with Crippen LogP contribution in [0, 0.1) is 5.82 Å². The number of nitrogens with zero attached hydrogens (tertiary/aromatic N) is 2. The number of carbonyl (C=O) groups excluding carboxylic acids is 1. The lowest BCUT2D eigenvalue weighted by molar-refractivity contribution is -0.142. The van der Waals surface area contributed by atoms with Crippen molar-refractivity contribution in [1.82, 2.24) is 9.55 Å².